The van der Waals surface area contributed by atoms with E-state index in [9.17, 15) is 0 Å². The van der Waals surface area contributed by atoms with Gasteiger partial charge in [-0.25, -0.2) is 0 Å². The van der Waals surface area contributed by atoms with Crippen LogP contribution >= 0.6 is 0 Å². The number of hydrogen-bond acceptors (Lipinski definition) is 1. The fraction of sp³-hybridized carbons (Fsp3) is 1.00. The van der Waals surface area contributed by atoms with Crippen molar-refractivity contribution in [2.75, 3.05) is 0 Å². The third-order valence-corrected chi connectivity index (χ3v) is 1.17. The summed E-state index contributed by atoms with van der Waals surface area (Å²) in [4.78, 5) is 0. The molecule has 5 heavy (non-hydrogen) atoms. The van der Waals surface area contributed by atoms with Gasteiger partial charge in [0.2, 0.25) is 0 Å². The first kappa shape index (κ1) is 3.16. The Morgan fingerprint density at radius 1 is 1.80 bits per heavy atom. The molecule has 30 valence electrons. The number of rotatable bonds is 0. The maximum Gasteiger partial charge on any atom is 0.00682 e. The number of nitrogens with two attached hydrogens (primary N) is 1. The van der Waals surface area contributed by atoms with Crippen molar-refractivity contribution in [1.82, 2.24) is 0 Å². The topological polar surface area (TPSA) is 26.0 Å². The van der Waals surface area contributed by atoms with Gasteiger partial charge in [-0.05, 0) is 12.3 Å². The summed E-state index contributed by atoms with van der Waals surface area (Å²) in [7, 11) is 0. The zero-order valence-electron chi connectivity index (χ0n) is 3.44. The van der Waals surface area contributed by atoms with E-state index in [1.165, 1.54) is 6.42 Å². The Morgan fingerprint density at radius 3 is 2.00 bits per heavy atom. The van der Waals surface area contributed by atoms with E-state index < -0.39 is 0 Å². The van der Waals surface area contributed by atoms with E-state index in [4.69, 9.17) is 5.73 Å². The molecular weight excluding hydrogens is 62.1 g/mol. The van der Waals surface area contributed by atoms with Gasteiger partial charge in [0.15, 0.2) is 0 Å². The van der Waals surface area contributed by atoms with Crippen molar-refractivity contribution in [2.45, 2.75) is 19.4 Å². The predicted molar refractivity (Wildman–Crippen MR) is 21.8 cm³/mol. The normalized spacial score (nSPS) is 49.2. The minimum atomic E-state index is 0.551. The molecule has 1 nitrogen and oxygen atoms in total. The fourth-order valence-electron chi connectivity index (χ4n) is 0.351. The lowest BCUT2D eigenvalue weighted by molar-refractivity contribution is 0.895. The molecule has 0 spiro atoms. The molecule has 0 aliphatic heterocycles. The lowest BCUT2D eigenvalue weighted by atomic mass is 10.5. The molecule has 0 aromatic rings. The van der Waals surface area contributed by atoms with Gasteiger partial charge in [0.25, 0.3) is 0 Å². The summed E-state index contributed by atoms with van der Waals surface area (Å²) in [5.74, 6) is 0.829. The summed E-state index contributed by atoms with van der Waals surface area (Å²) in [6.45, 7) is 2.17. The molecule has 1 fully saturated rings. The molecule has 0 aromatic carbocycles. The van der Waals surface area contributed by atoms with Crippen LogP contribution in [0.25, 0.3) is 0 Å². The van der Waals surface area contributed by atoms with Crippen molar-refractivity contribution in [3.05, 3.63) is 0 Å². The van der Waals surface area contributed by atoms with Crippen LogP contribution in [0, 0.1) is 5.92 Å². The van der Waals surface area contributed by atoms with E-state index in [-0.39, 0.29) is 0 Å². The van der Waals surface area contributed by atoms with Crippen LogP contribution in [0.5, 0.6) is 0 Å². The Kier molecular flexibility index (Phi) is 0.453. The Bertz CT molecular complexity index is 36.9. The van der Waals surface area contributed by atoms with Gasteiger partial charge in [0, 0.05) is 6.04 Å². The van der Waals surface area contributed by atoms with Crippen LogP contribution in [0.15, 0.2) is 0 Å². The Balaban J connectivity index is 2.20. The minimum Gasteiger partial charge on any atom is -0.327 e. The summed E-state index contributed by atoms with van der Waals surface area (Å²) < 4.78 is 0. The highest BCUT2D eigenvalue weighted by Gasteiger charge is 2.27. The maximum atomic E-state index is 5.37. The first-order valence-electron chi connectivity index (χ1n) is 2.06. The molecule has 1 heteroatoms. The third kappa shape index (κ3) is 0.428. The Labute approximate surface area is 32.2 Å². The highest BCUT2D eigenvalue weighted by atomic mass is 14.7. The van der Waals surface area contributed by atoms with Crippen molar-refractivity contribution >= 4 is 0 Å². The minimum absolute atomic E-state index is 0.551. The summed E-state index contributed by atoms with van der Waals surface area (Å²) in [6, 6.07) is 0.551. The molecule has 1 rings (SSSR count). The maximum absolute atomic E-state index is 5.37. The summed E-state index contributed by atoms with van der Waals surface area (Å²) in [6.07, 6.45) is 1.25. The van der Waals surface area contributed by atoms with Gasteiger partial charge in [-0.15, -0.1) is 0 Å². The van der Waals surface area contributed by atoms with Crippen LogP contribution in [0.1, 0.15) is 13.3 Å². The fourth-order valence-corrected chi connectivity index (χ4v) is 0.351. The Hall–Kier alpha value is -0.0400. The molecule has 2 atom stereocenters. The second-order valence-electron chi connectivity index (χ2n) is 1.88. The van der Waals surface area contributed by atoms with Crippen molar-refractivity contribution in [1.29, 1.82) is 0 Å². The summed E-state index contributed by atoms with van der Waals surface area (Å²) >= 11 is 0. The van der Waals surface area contributed by atoms with Crippen molar-refractivity contribution in [3.63, 3.8) is 0 Å². The van der Waals surface area contributed by atoms with E-state index in [0.717, 1.165) is 5.92 Å². The second kappa shape index (κ2) is 0.716. The van der Waals surface area contributed by atoms with Gasteiger partial charge in [0.1, 0.15) is 0 Å². The van der Waals surface area contributed by atoms with Crippen molar-refractivity contribution < 1.29 is 0 Å². The van der Waals surface area contributed by atoms with Gasteiger partial charge >= 0.3 is 0 Å². The van der Waals surface area contributed by atoms with Gasteiger partial charge in [0.05, 0.1) is 0 Å². The van der Waals surface area contributed by atoms with Crippen LogP contribution in [0.3, 0.4) is 0 Å². The van der Waals surface area contributed by atoms with Crippen LogP contribution in [0.4, 0.5) is 0 Å². The summed E-state index contributed by atoms with van der Waals surface area (Å²) in [5.41, 5.74) is 5.37. The Morgan fingerprint density at radius 2 is 2.00 bits per heavy atom. The van der Waals surface area contributed by atoms with Crippen LogP contribution < -0.4 is 5.73 Å². The molecule has 0 amide bonds. The number of hydrogen-bond donors (Lipinski definition) is 1. The van der Waals surface area contributed by atoms with Gasteiger partial charge in [-0.2, -0.15) is 0 Å². The first-order valence-corrected chi connectivity index (χ1v) is 2.06. The average molecular weight is 71.1 g/mol. The lowest BCUT2D eigenvalue weighted by Crippen LogP contribution is -1.98. The van der Waals surface area contributed by atoms with E-state index in [1.807, 2.05) is 0 Å². The standard InChI is InChI=1S/C4H9N/c1-3-2-4(3)5/h3-4H,2,5H2,1H3/t3?,4-/m1/s1. The third-order valence-electron chi connectivity index (χ3n) is 1.17. The van der Waals surface area contributed by atoms with Gasteiger partial charge in [-0.3, -0.25) is 0 Å². The molecule has 0 radical (unpaired) electrons. The molecule has 0 bridgehead atoms. The van der Waals surface area contributed by atoms with E-state index in [1.54, 1.807) is 0 Å². The molecule has 2 N–H and O–H groups in total. The smallest absolute Gasteiger partial charge is 0.00682 e. The average Bonchev–Trinajstić information content (AvgIpc) is 1.79. The molecule has 1 saturated carbocycles. The highest BCUT2D eigenvalue weighted by molar-refractivity contribution is 4.85. The highest BCUT2D eigenvalue weighted by Crippen LogP contribution is 2.25. The second-order valence-corrected chi connectivity index (χ2v) is 1.88. The van der Waals surface area contributed by atoms with Crippen LogP contribution in [0.2, 0.25) is 0 Å². The first-order chi connectivity index (χ1) is 2.30. The summed E-state index contributed by atoms with van der Waals surface area (Å²) in [5, 5.41) is 0. The zero-order valence-corrected chi connectivity index (χ0v) is 3.44. The SMILES string of the molecule is CC1C[C@H]1N. The monoisotopic (exact) mass is 71.1 g/mol. The van der Waals surface area contributed by atoms with Gasteiger partial charge in [-0.1, -0.05) is 6.92 Å². The predicted octanol–water partition coefficient (Wildman–Crippen LogP) is 0.354. The quantitative estimate of drug-likeness (QED) is 0.438. The molecule has 1 unspecified atom stereocenters. The molecule has 0 heterocycles. The van der Waals surface area contributed by atoms with Crippen molar-refractivity contribution in [3.8, 4) is 0 Å². The van der Waals surface area contributed by atoms with E-state index >= 15 is 0 Å². The van der Waals surface area contributed by atoms with Crippen LogP contribution in [-0.2, 0) is 0 Å². The van der Waals surface area contributed by atoms with Crippen LogP contribution in [-0.4, -0.2) is 6.04 Å². The van der Waals surface area contributed by atoms with Gasteiger partial charge < -0.3 is 5.73 Å². The van der Waals surface area contributed by atoms with E-state index in [0.29, 0.717) is 6.04 Å². The molecule has 0 saturated heterocycles. The zero-order chi connectivity index (χ0) is 3.86. The molecule has 0 aromatic heterocycles. The molecular formula is C4H9N. The van der Waals surface area contributed by atoms with E-state index in [2.05, 4.69) is 6.92 Å². The molecule has 1 aliphatic rings. The lowest BCUT2D eigenvalue weighted by Gasteiger charge is -1.69. The largest absolute Gasteiger partial charge is 0.327 e. The van der Waals surface area contributed by atoms with Crippen molar-refractivity contribution in [2.24, 2.45) is 11.7 Å². The molecule has 1 aliphatic carbocycles.